The Bertz CT molecular complexity index is 256. The molecule has 0 atom stereocenters. The number of nitrogens with two attached hydrogens (primary N) is 1. The lowest BCUT2D eigenvalue weighted by atomic mass is 10.3. The average molecular weight is 194 g/mol. The maximum atomic E-state index is 11.9. The molecular weight excluding hydrogens is 189 g/mol. The van der Waals surface area contributed by atoms with Crippen molar-refractivity contribution in [2.45, 2.75) is 11.1 Å². The lowest BCUT2D eigenvalue weighted by Gasteiger charge is -2.04. The van der Waals surface area contributed by atoms with Crippen LogP contribution in [0.5, 0.6) is 0 Å². The van der Waals surface area contributed by atoms with E-state index in [1.165, 1.54) is 6.07 Å². The Kier molecular flexibility index (Phi) is 2.58. The van der Waals surface area contributed by atoms with Crippen molar-refractivity contribution in [2.24, 2.45) is 5.14 Å². The molecular formula is C6H5F3N2S. The van der Waals surface area contributed by atoms with Crippen LogP contribution in [0, 0.1) is 0 Å². The minimum atomic E-state index is -4.38. The number of halogens is 3. The molecule has 1 heterocycles. The highest BCUT2D eigenvalue weighted by Gasteiger charge is 2.31. The van der Waals surface area contributed by atoms with E-state index in [9.17, 15) is 13.2 Å². The molecule has 6 heteroatoms. The molecule has 2 nitrogen and oxygen atoms in total. The normalized spacial score (nSPS) is 11.7. The summed E-state index contributed by atoms with van der Waals surface area (Å²) >= 11 is 0.858. The minimum Gasteiger partial charge on any atom is -0.274 e. The van der Waals surface area contributed by atoms with Crippen LogP contribution in [-0.2, 0) is 6.18 Å². The van der Waals surface area contributed by atoms with Gasteiger partial charge in [-0.3, -0.25) is 10.1 Å². The molecule has 12 heavy (non-hydrogen) atoms. The van der Waals surface area contributed by atoms with Crippen LogP contribution < -0.4 is 5.14 Å². The third-order valence-corrected chi connectivity index (χ3v) is 1.68. The van der Waals surface area contributed by atoms with Gasteiger partial charge in [0.2, 0.25) is 0 Å². The standard InChI is InChI=1S/C6H5F3N2S/c7-6(8,9)5-2-1-4(12-10)3-11-5/h1-3H,10H2. The second-order valence-electron chi connectivity index (χ2n) is 1.99. The van der Waals surface area contributed by atoms with E-state index in [-0.39, 0.29) is 0 Å². The summed E-state index contributed by atoms with van der Waals surface area (Å²) in [4.78, 5) is 3.70. The zero-order valence-electron chi connectivity index (χ0n) is 5.80. The fourth-order valence-corrected chi connectivity index (χ4v) is 0.878. The molecule has 0 amide bonds. The first-order chi connectivity index (χ1) is 5.54. The van der Waals surface area contributed by atoms with Gasteiger partial charge in [0.1, 0.15) is 5.69 Å². The smallest absolute Gasteiger partial charge is 0.274 e. The first-order valence-corrected chi connectivity index (χ1v) is 3.82. The van der Waals surface area contributed by atoms with Gasteiger partial charge in [0.25, 0.3) is 0 Å². The summed E-state index contributed by atoms with van der Waals surface area (Å²) in [5, 5.41) is 5.10. The van der Waals surface area contributed by atoms with Gasteiger partial charge in [0, 0.05) is 11.1 Å². The molecule has 2 N–H and O–H groups in total. The zero-order chi connectivity index (χ0) is 9.19. The SMILES string of the molecule is NSc1ccc(C(F)(F)F)nc1. The summed E-state index contributed by atoms with van der Waals surface area (Å²) in [6, 6.07) is 2.18. The van der Waals surface area contributed by atoms with Gasteiger partial charge >= 0.3 is 6.18 Å². The Morgan fingerprint density at radius 1 is 1.33 bits per heavy atom. The molecule has 1 aromatic rings. The molecule has 1 aromatic heterocycles. The van der Waals surface area contributed by atoms with E-state index in [0.29, 0.717) is 4.90 Å². The van der Waals surface area contributed by atoms with Gasteiger partial charge in [-0.15, -0.1) is 0 Å². The fourth-order valence-electron chi connectivity index (χ4n) is 0.618. The second kappa shape index (κ2) is 3.32. The van der Waals surface area contributed by atoms with E-state index in [1.807, 2.05) is 0 Å². The predicted molar refractivity (Wildman–Crippen MR) is 39.3 cm³/mol. The van der Waals surface area contributed by atoms with Crippen molar-refractivity contribution in [3.8, 4) is 0 Å². The van der Waals surface area contributed by atoms with Crippen molar-refractivity contribution >= 4 is 11.9 Å². The first-order valence-electron chi connectivity index (χ1n) is 2.94. The summed E-state index contributed by atoms with van der Waals surface area (Å²) in [5.41, 5.74) is -0.903. The van der Waals surface area contributed by atoms with Gasteiger partial charge in [-0.05, 0) is 24.1 Å². The Morgan fingerprint density at radius 2 is 2.00 bits per heavy atom. The molecule has 0 aliphatic carbocycles. The Balaban J connectivity index is 2.93. The van der Waals surface area contributed by atoms with E-state index in [0.717, 1.165) is 24.2 Å². The van der Waals surface area contributed by atoms with Gasteiger partial charge in [-0.2, -0.15) is 13.2 Å². The molecule has 0 fully saturated rings. The number of hydrogen-bond acceptors (Lipinski definition) is 3. The number of pyridine rings is 1. The van der Waals surface area contributed by atoms with Crippen LogP contribution in [0.25, 0.3) is 0 Å². The summed E-state index contributed by atoms with van der Waals surface area (Å²) < 4.78 is 35.8. The number of aromatic nitrogens is 1. The van der Waals surface area contributed by atoms with E-state index in [2.05, 4.69) is 4.98 Å². The zero-order valence-corrected chi connectivity index (χ0v) is 6.62. The quantitative estimate of drug-likeness (QED) is 0.695. The molecule has 1 rings (SSSR count). The van der Waals surface area contributed by atoms with Crippen LogP contribution in [0.3, 0.4) is 0 Å². The van der Waals surface area contributed by atoms with Gasteiger partial charge in [-0.25, -0.2) is 0 Å². The molecule has 0 bridgehead atoms. The maximum absolute atomic E-state index is 11.9. The van der Waals surface area contributed by atoms with Crippen LogP contribution in [0.4, 0.5) is 13.2 Å². The van der Waals surface area contributed by atoms with E-state index in [4.69, 9.17) is 5.14 Å². The van der Waals surface area contributed by atoms with Gasteiger partial charge < -0.3 is 0 Å². The van der Waals surface area contributed by atoms with Gasteiger partial charge in [-0.1, -0.05) is 0 Å². The molecule has 0 saturated carbocycles. The second-order valence-corrected chi connectivity index (χ2v) is 2.70. The van der Waals surface area contributed by atoms with Crippen molar-refractivity contribution in [1.82, 2.24) is 4.98 Å². The predicted octanol–water partition coefficient (Wildman–Crippen LogP) is 2.07. The van der Waals surface area contributed by atoms with Crippen molar-refractivity contribution in [2.75, 3.05) is 0 Å². The molecule has 0 aliphatic rings. The van der Waals surface area contributed by atoms with Crippen molar-refractivity contribution < 1.29 is 13.2 Å². The summed E-state index contributed by atoms with van der Waals surface area (Å²) in [6.45, 7) is 0. The van der Waals surface area contributed by atoms with E-state index < -0.39 is 11.9 Å². The average Bonchev–Trinajstić information content (AvgIpc) is 2.03. The summed E-state index contributed by atoms with van der Waals surface area (Å²) in [5.74, 6) is 0. The number of hydrogen-bond donors (Lipinski definition) is 1. The molecule has 0 radical (unpaired) electrons. The number of rotatable bonds is 1. The largest absolute Gasteiger partial charge is 0.433 e. The number of nitrogens with zero attached hydrogens (tertiary/aromatic N) is 1. The Labute approximate surface area is 71.1 Å². The van der Waals surface area contributed by atoms with E-state index >= 15 is 0 Å². The van der Waals surface area contributed by atoms with Crippen LogP contribution in [0.15, 0.2) is 23.2 Å². The monoisotopic (exact) mass is 194 g/mol. The molecule has 0 aromatic carbocycles. The molecule has 66 valence electrons. The van der Waals surface area contributed by atoms with Crippen LogP contribution in [0.2, 0.25) is 0 Å². The highest BCUT2D eigenvalue weighted by atomic mass is 32.2. The Morgan fingerprint density at radius 3 is 2.33 bits per heavy atom. The van der Waals surface area contributed by atoms with Gasteiger partial charge in [0.15, 0.2) is 0 Å². The molecule has 0 saturated heterocycles. The topological polar surface area (TPSA) is 38.9 Å². The number of alkyl halides is 3. The maximum Gasteiger partial charge on any atom is 0.433 e. The van der Waals surface area contributed by atoms with Crippen molar-refractivity contribution in [3.05, 3.63) is 24.0 Å². The highest BCUT2D eigenvalue weighted by molar-refractivity contribution is 7.97. The van der Waals surface area contributed by atoms with Gasteiger partial charge in [0.05, 0.1) is 0 Å². The molecule has 0 aliphatic heterocycles. The highest BCUT2D eigenvalue weighted by Crippen LogP contribution is 2.27. The van der Waals surface area contributed by atoms with E-state index in [1.54, 1.807) is 0 Å². The lowest BCUT2D eigenvalue weighted by molar-refractivity contribution is -0.141. The fraction of sp³-hybridized carbons (Fsp3) is 0.167. The van der Waals surface area contributed by atoms with Crippen LogP contribution in [-0.4, -0.2) is 4.98 Å². The molecule has 0 unspecified atom stereocenters. The third kappa shape index (κ3) is 2.12. The first kappa shape index (κ1) is 9.34. The van der Waals surface area contributed by atoms with Crippen molar-refractivity contribution in [3.63, 3.8) is 0 Å². The van der Waals surface area contributed by atoms with Crippen molar-refractivity contribution in [1.29, 1.82) is 0 Å². The third-order valence-electron chi connectivity index (χ3n) is 1.16. The summed E-state index contributed by atoms with van der Waals surface area (Å²) in [7, 11) is 0. The molecule has 0 spiro atoms. The Hall–Kier alpha value is -0.750. The summed E-state index contributed by atoms with van der Waals surface area (Å²) in [6.07, 6.45) is -3.29. The van der Waals surface area contributed by atoms with Crippen LogP contribution >= 0.6 is 11.9 Å². The lowest BCUT2D eigenvalue weighted by Crippen LogP contribution is -2.07. The van der Waals surface area contributed by atoms with Crippen LogP contribution in [0.1, 0.15) is 5.69 Å². The minimum absolute atomic E-state index is 0.503.